The number of piperidine rings is 1. The molecular formula is C25H26Cl2N4O3. The van der Waals surface area contributed by atoms with Crippen molar-refractivity contribution in [2.24, 2.45) is 5.84 Å². The largest absolute Gasteiger partial charge is 0.373 e. The monoisotopic (exact) mass is 500 g/mol. The zero-order valence-corrected chi connectivity index (χ0v) is 20.1. The molecule has 2 heterocycles. The number of anilines is 1. The van der Waals surface area contributed by atoms with Gasteiger partial charge in [-0.15, -0.1) is 0 Å². The molecule has 7 nitrogen and oxygen atoms in total. The number of ether oxygens (including phenoxy) is 1. The van der Waals surface area contributed by atoms with E-state index in [1.54, 1.807) is 12.1 Å². The van der Waals surface area contributed by atoms with Crippen molar-refractivity contribution in [3.63, 3.8) is 0 Å². The highest BCUT2D eigenvalue weighted by atomic mass is 35.5. The third kappa shape index (κ3) is 4.79. The first-order valence-electron chi connectivity index (χ1n) is 11.5. The van der Waals surface area contributed by atoms with Crippen LogP contribution in [0.3, 0.4) is 0 Å². The van der Waals surface area contributed by atoms with Crippen LogP contribution in [0.15, 0.2) is 47.0 Å². The number of amides is 1. The molecule has 3 N–H and O–H groups in total. The molecule has 0 bridgehead atoms. The maximum atomic E-state index is 11.6. The second kappa shape index (κ2) is 9.96. The SMILES string of the molecule is NNC(=O)c1ccc(N2CCC(OCc3c(-c4c(Cl)cccc4Cl)noc3C3CC3)CC2)cc1. The zero-order valence-electron chi connectivity index (χ0n) is 18.6. The summed E-state index contributed by atoms with van der Waals surface area (Å²) < 4.78 is 12.1. The second-order valence-electron chi connectivity index (χ2n) is 8.76. The molecular weight excluding hydrogens is 475 g/mol. The second-order valence-corrected chi connectivity index (χ2v) is 9.58. The van der Waals surface area contributed by atoms with E-state index in [1.165, 1.54) is 0 Å². The Bertz CT molecular complexity index is 1150. The van der Waals surface area contributed by atoms with Gasteiger partial charge in [-0.25, -0.2) is 5.84 Å². The average molecular weight is 501 g/mol. The van der Waals surface area contributed by atoms with Gasteiger partial charge in [-0.3, -0.25) is 10.2 Å². The smallest absolute Gasteiger partial charge is 0.265 e. The van der Waals surface area contributed by atoms with Crippen LogP contribution in [0.5, 0.6) is 0 Å². The van der Waals surface area contributed by atoms with Gasteiger partial charge in [0.1, 0.15) is 11.5 Å². The highest BCUT2D eigenvalue weighted by Crippen LogP contribution is 2.46. The number of aromatic nitrogens is 1. The van der Waals surface area contributed by atoms with Crippen LogP contribution in [0.1, 0.15) is 53.3 Å². The molecule has 1 aromatic heterocycles. The molecule has 3 aromatic rings. The lowest BCUT2D eigenvalue weighted by Gasteiger charge is -2.33. The van der Waals surface area contributed by atoms with Crippen LogP contribution in [0.25, 0.3) is 11.3 Å². The van der Waals surface area contributed by atoms with Crippen LogP contribution in [-0.4, -0.2) is 30.3 Å². The molecule has 0 atom stereocenters. The average Bonchev–Trinajstić information content (AvgIpc) is 3.63. The third-order valence-corrected chi connectivity index (χ3v) is 7.13. The molecule has 0 unspecified atom stereocenters. The molecule has 1 saturated carbocycles. The number of nitrogens with one attached hydrogen (secondary N) is 1. The third-order valence-electron chi connectivity index (χ3n) is 6.50. The van der Waals surface area contributed by atoms with E-state index in [0.717, 1.165) is 55.8 Å². The number of benzene rings is 2. The number of carbonyl (C=O) groups excluding carboxylic acids is 1. The summed E-state index contributed by atoms with van der Waals surface area (Å²) >= 11 is 12.9. The summed E-state index contributed by atoms with van der Waals surface area (Å²) in [6.45, 7) is 2.16. The van der Waals surface area contributed by atoms with Crippen molar-refractivity contribution in [2.45, 2.75) is 44.3 Å². The Labute approximate surface area is 208 Å². The van der Waals surface area contributed by atoms with E-state index in [1.807, 2.05) is 30.3 Å². The lowest BCUT2D eigenvalue weighted by molar-refractivity contribution is 0.0246. The Morgan fingerprint density at radius 3 is 2.38 bits per heavy atom. The summed E-state index contributed by atoms with van der Waals surface area (Å²) in [5.41, 5.74) is 6.10. The van der Waals surface area contributed by atoms with Crippen molar-refractivity contribution < 1.29 is 14.1 Å². The molecule has 9 heteroatoms. The summed E-state index contributed by atoms with van der Waals surface area (Å²) in [5.74, 6) is 6.20. The van der Waals surface area contributed by atoms with Gasteiger partial charge in [0.25, 0.3) is 5.91 Å². The summed E-state index contributed by atoms with van der Waals surface area (Å²) in [4.78, 5) is 13.9. The van der Waals surface area contributed by atoms with Crippen molar-refractivity contribution in [2.75, 3.05) is 18.0 Å². The standard InChI is InChI=1S/C25H26Cl2N4O3/c26-20-2-1-3-21(27)22(20)23-19(24(34-30-23)15-4-5-15)14-33-18-10-12-31(13-11-18)17-8-6-16(7-9-17)25(32)29-28/h1-3,6-9,15,18H,4-5,10-14,28H2,(H,29,32). The highest BCUT2D eigenvalue weighted by molar-refractivity contribution is 6.39. The number of hydrogen-bond acceptors (Lipinski definition) is 6. The number of rotatable bonds is 7. The van der Waals surface area contributed by atoms with Crippen LogP contribution in [0, 0.1) is 0 Å². The van der Waals surface area contributed by atoms with E-state index in [9.17, 15) is 4.79 Å². The van der Waals surface area contributed by atoms with Crippen molar-refractivity contribution in [1.29, 1.82) is 0 Å². The fraction of sp³-hybridized carbons (Fsp3) is 0.360. The maximum Gasteiger partial charge on any atom is 0.265 e. The quantitative estimate of drug-likeness (QED) is 0.259. The number of hydrogen-bond donors (Lipinski definition) is 2. The molecule has 2 fully saturated rings. The van der Waals surface area contributed by atoms with Crippen LogP contribution < -0.4 is 16.2 Å². The van der Waals surface area contributed by atoms with Crippen molar-refractivity contribution >= 4 is 34.8 Å². The minimum atomic E-state index is -0.296. The lowest BCUT2D eigenvalue weighted by Crippen LogP contribution is -2.37. The number of halogens is 2. The van der Waals surface area contributed by atoms with E-state index >= 15 is 0 Å². The number of hydrazine groups is 1. The van der Waals surface area contributed by atoms with E-state index in [4.69, 9.17) is 38.3 Å². The normalized spacial score (nSPS) is 16.6. The van der Waals surface area contributed by atoms with Gasteiger partial charge < -0.3 is 14.2 Å². The van der Waals surface area contributed by atoms with Gasteiger partial charge in [0.2, 0.25) is 0 Å². The van der Waals surface area contributed by atoms with Crippen LogP contribution in [0.4, 0.5) is 5.69 Å². The van der Waals surface area contributed by atoms with Gasteiger partial charge in [-0.2, -0.15) is 0 Å². The van der Waals surface area contributed by atoms with Gasteiger partial charge in [0, 0.05) is 41.4 Å². The minimum Gasteiger partial charge on any atom is -0.373 e. The first-order valence-corrected chi connectivity index (χ1v) is 12.2. The molecule has 2 aliphatic rings. The summed E-state index contributed by atoms with van der Waals surface area (Å²) in [7, 11) is 0. The minimum absolute atomic E-state index is 0.134. The Morgan fingerprint density at radius 2 is 1.76 bits per heavy atom. The predicted molar refractivity (Wildman–Crippen MR) is 132 cm³/mol. The summed E-state index contributed by atoms with van der Waals surface area (Å²) in [5, 5.41) is 5.44. The first kappa shape index (κ1) is 23.2. The van der Waals surface area contributed by atoms with Gasteiger partial charge in [-0.1, -0.05) is 34.4 Å². The fourth-order valence-corrected chi connectivity index (χ4v) is 5.01. The Morgan fingerprint density at radius 1 is 1.09 bits per heavy atom. The van der Waals surface area contributed by atoms with Gasteiger partial charge in [-0.05, 0) is 62.1 Å². The molecule has 34 heavy (non-hydrogen) atoms. The van der Waals surface area contributed by atoms with Crippen molar-refractivity contribution in [3.8, 4) is 11.3 Å². The van der Waals surface area contributed by atoms with Gasteiger partial charge in [0.05, 0.1) is 22.8 Å². The predicted octanol–water partition coefficient (Wildman–Crippen LogP) is 5.31. The number of carbonyl (C=O) groups is 1. The van der Waals surface area contributed by atoms with Crippen LogP contribution in [0.2, 0.25) is 10.0 Å². The molecule has 0 spiro atoms. The van der Waals surface area contributed by atoms with E-state index in [2.05, 4.69) is 15.5 Å². The lowest BCUT2D eigenvalue weighted by atomic mass is 10.0. The Balaban J connectivity index is 1.24. The molecule has 1 saturated heterocycles. The van der Waals surface area contributed by atoms with Crippen molar-refractivity contribution in [1.82, 2.24) is 10.6 Å². The molecule has 1 amide bonds. The number of nitrogen functional groups attached to an aromatic ring is 1. The summed E-state index contributed by atoms with van der Waals surface area (Å²) in [6, 6.07) is 12.9. The van der Waals surface area contributed by atoms with Crippen molar-refractivity contribution in [3.05, 3.63) is 69.4 Å². The Hall–Kier alpha value is -2.58. The molecule has 2 aromatic carbocycles. The maximum absolute atomic E-state index is 11.6. The molecule has 178 valence electrons. The van der Waals surface area contributed by atoms with Crippen LogP contribution >= 0.6 is 23.2 Å². The van der Waals surface area contributed by atoms with E-state index in [0.29, 0.717) is 39.4 Å². The fourth-order valence-electron chi connectivity index (χ4n) is 4.44. The van der Waals surface area contributed by atoms with Crippen LogP contribution in [-0.2, 0) is 11.3 Å². The first-order chi connectivity index (χ1) is 16.5. The molecule has 0 radical (unpaired) electrons. The number of nitrogens with zero attached hydrogens (tertiary/aromatic N) is 2. The number of nitrogens with two attached hydrogens (primary N) is 1. The van der Waals surface area contributed by atoms with E-state index in [-0.39, 0.29) is 12.0 Å². The topological polar surface area (TPSA) is 93.6 Å². The van der Waals surface area contributed by atoms with Gasteiger partial charge in [0.15, 0.2) is 0 Å². The highest BCUT2D eigenvalue weighted by Gasteiger charge is 2.34. The molecule has 1 aliphatic carbocycles. The van der Waals surface area contributed by atoms with E-state index < -0.39 is 0 Å². The summed E-state index contributed by atoms with van der Waals surface area (Å²) in [6.07, 6.45) is 4.13. The van der Waals surface area contributed by atoms with Gasteiger partial charge >= 0.3 is 0 Å². The molecule has 5 rings (SSSR count). The Kier molecular flexibility index (Phi) is 6.79. The molecule has 1 aliphatic heterocycles. The zero-order chi connectivity index (χ0) is 23.7.